The Labute approximate surface area is 135 Å². The van der Waals surface area contributed by atoms with E-state index in [1.165, 1.54) is 18.2 Å². The van der Waals surface area contributed by atoms with Gasteiger partial charge in [-0.25, -0.2) is 4.79 Å². The average molecular weight is 310 g/mol. The van der Waals surface area contributed by atoms with E-state index in [0.29, 0.717) is 18.6 Å². The molecule has 0 atom stereocenters. The van der Waals surface area contributed by atoms with Crippen molar-refractivity contribution in [2.45, 2.75) is 13.3 Å². The van der Waals surface area contributed by atoms with Crippen LogP contribution in [0.15, 0.2) is 54.6 Å². The second-order valence-corrected chi connectivity index (χ2v) is 4.98. The summed E-state index contributed by atoms with van der Waals surface area (Å²) in [6.45, 7) is 2.53. The van der Waals surface area contributed by atoms with Gasteiger partial charge in [0.2, 0.25) is 0 Å². The number of carbonyl (C=O) groups excluding carboxylic acids is 1. The van der Waals surface area contributed by atoms with Crippen molar-refractivity contribution < 1.29 is 19.4 Å². The molecule has 0 aliphatic carbocycles. The van der Waals surface area contributed by atoms with E-state index in [4.69, 9.17) is 9.84 Å². The highest BCUT2D eigenvalue weighted by Gasteiger charge is 2.03. The Balaban J connectivity index is 1.98. The Kier molecular flexibility index (Phi) is 5.69. The molecule has 0 aliphatic rings. The molecule has 2 aromatic carbocycles. The summed E-state index contributed by atoms with van der Waals surface area (Å²) in [7, 11) is 0. The largest absolute Gasteiger partial charge is 0.494 e. The van der Waals surface area contributed by atoms with Crippen LogP contribution in [-0.4, -0.2) is 23.5 Å². The third kappa shape index (κ3) is 5.11. The van der Waals surface area contributed by atoms with Gasteiger partial charge < -0.3 is 9.84 Å². The molecule has 2 rings (SSSR count). The molecule has 23 heavy (non-hydrogen) atoms. The van der Waals surface area contributed by atoms with E-state index in [1.807, 2.05) is 31.2 Å². The Hall–Kier alpha value is -2.88. The van der Waals surface area contributed by atoms with Crippen LogP contribution in [0.5, 0.6) is 5.75 Å². The lowest BCUT2D eigenvalue weighted by molar-refractivity contribution is -0.113. The molecule has 0 radical (unpaired) electrons. The van der Waals surface area contributed by atoms with Crippen molar-refractivity contribution >= 4 is 17.8 Å². The molecule has 4 heteroatoms. The molecule has 0 amide bonds. The maximum atomic E-state index is 12.0. The standard InChI is InChI=1S/C19H18O4/c1-2-23-18-10-7-15(8-11-18)13-17(20)9-6-14-4-3-5-16(12-14)19(21)22/h3-12H,2,13H2,1H3,(H,21,22)/b9-6+. The number of carbonyl (C=O) groups is 2. The highest BCUT2D eigenvalue weighted by molar-refractivity contribution is 5.95. The molecule has 0 heterocycles. The molecule has 0 fully saturated rings. The summed E-state index contributed by atoms with van der Waals surface area (Å²) < 4.78 is 5.35. The molecule has 2 aromatic rings. The summed E-state index contributed by atoms with van der Waals surface area (Å²) in [5.41, 5.74) is 1.79. The number of ketones is 1. The van der Waals surface area contributed by atoms with Crippen molar-refractivity contribution in [3.63, 3.8) is 0 Å². The monoisotopic (exact) mass is 310 g/mol. The van der Waals surface area contributed by atoms with Crippen LogP contribution in [-0.2, 0) is 11.2 Å². The Morgan fingerprint density at radius 2 is 1.87 bits per heavy atom. The maximum Gasteiger partial charge on any atom is 0.335 e. The predicted octanol–water partition coefficient (Wildman–Crippen LogP) is 3.61. The fourth-order valence-electron chi connectivity index (χ4n) is 2.09. The molecule has 0 aromatic heterocycles. The van der Waals surface area contributed by atoms with E-state index in [2.05, 4.69) is 0 Å². The van der Waals surface area contributed by atoms with Gasteiger partial charge in [0.15, 0.2) is 5.78 Å². The molecule has 0 bridgehead atoms. The number of ether oxygens (including phenoxy) is 1. The van der Waals surface area contributed by atoms with E-state index < -0.39 is 5.97 Å². The van der Waals surface area contributed by atoms with Gasteiger partial charge in [0.25, 0.3) is 0 Å². The third-order valence-electron chi connectivity index (χ3n) is 3.21. The van der Waals surface area contributed by atoms with Crippen molar-refractivity contribution in [1.82, 2.24) is 0 Å². The van der Waals surface area contributed by atoms with Crippen LogP contribution in [0.4, 0.5) is 0 Å². The van der Waals surface area contributed by atoms with Crippen molar-refractivity contribution in [1.29, 1.82) is 0 Å². The summed E-state index contributed by atoms with van der Waals surface area (Å²) in [5.74, 6) is -0.249. The normalized spacial score (nSPS) is 10.7. The predicted molar refractivity (Wildman–Crippen MR) is 88.8 cm³/mol. The molecule has 4 nitrogen and oxygen atoms in total. The zero-order valence-electron chi connectivity index (χ0n) is 12.9. The SMILES string of the molecule is CCOc1ccc(CC(=O)/C=C/c2cccc(C(=O)O)c2)cc1. The van der Waals surface area contributed by atoms with Crippen LogP contribution < -0.4 is 4.74 Å². The second kappa shape index (κ2) is 7.94. The van der Waals surface area contributed by atoms with Gasteiger partial charge in [-0.1, -0.05) is 30.3 Å². The summed E-state index contributed by atoms with van der Waals surface area (Å²) >= 11 is 0. The van der Waals surface area contributed by atoms with Gasteiger partial charge in [-0.05, 0) is 48.4 Å². The Morgan fingerprint density at radius 1 is 1.13 bits per heavy atom. The fourth-order valence-corrected chi connectivity index (χ4v) is 2.09. The molecule has 0 saturated carbocycles. The summed E-state index contributed by atoms with van der Waals surface area (Å²) in [6, 6.07) is 13.9. The first-order valence-electron chi connectivity index (χ1n) is 7.34. The van der Waals surface area contributed by atoms with E-state index in [0.717, 1.165) is 11.3 Å². The molecular formula is C19H18O4. The average Bonchev–Trinajstić information content (AvgIpc) is 2.55. The summed E-state index contributed by atoms with van der Waals surface area (Å²) in [5, 5.41) is 8.94. The van der Waals surface area contributed by atoms with Crippen LogP contribution in [0, 0.1) is 0 Å². The van der Waals surface area contributed by atoms with Crippen molar-refractivity contribution in [2.24, 2.45) is 0 Å². The lowest BCUT2D eigenvalue weighted by Gasteiger charge is -2.03. The zero-order valence-corrected chi connectivity index (χ0v) is 12.9. The number of hydrogen-bond acceptors (Lipinski definition) is 3. The third-order valence-corrected chi connectivity index (χ3v) is 3.21. The van der Waals surface area contributed by atoms with E-state index >= 15 is 0 Å². The van der Waals surface area contributed by atoms with Crippen LogP contribution in [0.2, 0.25) is 0 Å². The molecule has 118 valence electrons. The van der Waals surface area contributed by atoms with Crippen LogP contribution >= 0.6 is 0 Å². The molecular weight excluding hydrogens is 292 g/mol. The zero-order chi connectivity index (χ0) is 16.7. The minimum atomic E-state index is -0.985. The smallest absolute Gasteiger partial charge is 0.335 e. The summed E-state index contributed by atoms with van der Waals surface area (Å²) in [6.07, 6.45) is 3.39. The van der Waals surface area contributed by atoms with Gasteiger partial charge in [-0.15, -0.1) is 0 Å². The minimum absolute atomic E-state index is 0.0464. The fraction of sp³-hybridized carbons (Fsp3) is 0.158. The number of benzene rings is 2. The number of rotatable bonds is 7. The molecule has 0 unspecified atom stereocenters. The number of carboxylic acids is 1. The van der Waals surface area contributed by atoms with Gasteiger partial charge >= 0.3 is 5.97 Å². The van der Waals surface area contributed by atoms with Crippen LogP contribution in [0.3, 0.4) is 0 Å². The number of carboxylic acid groups (broad SMARTS) is 1. The van der Waals surface area contributed by atoms with Gasteiger partial charge in [0.1, 0.15) is 5.75 Å². The first kappa shape index (κ1) is 16.5. The molecule has 0 aliphatic heterocycles. The number of aromatic carboxylic acids is 1. The molecule has 1 N–H and O–H groups in total. The van der Waals surface area contributed by atoms with E-state index in [9.17, 15) is 9.59 Å². The first-order valence-corrected chi connectivity index (χ1v) is 7.34. The van der Waals surface area contributed by atoms with Gasteiger partial charge in [0.05, 0.1) is 12.2 Å². The number of hydrogen-bond donors (Lipinski definition) is 1. The topological polar surface area (TPSA) is 63.6 Å². The Morgan fingerprint density at radius 3 is 2.52 bits per heavy atom. The van der Waals surface area contributed by atoms with Gasteiger partial charge in [0, 0.05) is 6.42 Å². The van der Waals surface area contributed by atoms with E-state index in [1.54, 1.807) is 18.2 Å². The van der Waals surface area contributed by atoms with Crippen molar-refractivity contribution in [3.05, 3.63) is 71.3 Å². The van der Waals surface area contributed by atoms with Gasteiger partial charge in [-0.2, -0.15) is 0 Å². The second-order valence-electron chi connectivity index (χ2n) is 4.98. The Bertz CT molecular complexity index is 714. The van der Waals surface area contributed by atoms with Gasteiger partial charge in [-0.3, -0.25) is 4.79 Å². The van der Waals surface area contributed by atoms with Crippen LogP contribution in [0.25, 0.3) is 6.08 Å². The lowest BCUT2D eigenvalue weighted by atomic mass is 10.1. The van der Waals surface area contributed by atoms with E-state index in [-0.39, 0.29) is 11.3 Å². The highest BCUT2D eigenvalue weighted by Crippen LogP contribution is 2.13. The molecule has 0 spiro atoms. The minimum Gasteiger partial charge on any atom is -0.494 e. The van der Waals surface area contributed by atoms with Crippen molar-refractivity contribution in [2.75, 3.05) is 6.61 Å². The molecule has 0 saturated heterocycles. The van der Waals surface area contributed by atoms with Crippen LogP contribution in [0.1, 0.15) is 28.4 Å². The lowest BCUT2D eigenvalue weighted by Crippen LogP contribution is -1.99. The number of allylic oxidation sites excluding steroid dienone is 1. The maximum absolute atomic E-state index is 12.0. The first-order chi connectivity index (χ1) is 11.1. The quantitative estimate of drug-likeness (QED) is 0.794. The highest BCUT2D eigenvalue weighted by atomic mass is 16.5. The van der Waals surface area contributed by atoms with Crippen molar-refractivity contribution in [3.8, 4) is 5.75 Å². The summed E-state index contributed by atoms with van der Waals surface area (Å²) in [4.78, 5) is 22.9.